The Bertz CT molecular complexity index is 397. The Kier molecular flexibility index (Phi) is 4.02. The summed E-state index contributed by atoms with van der Waals surface area (Å²) in [4.78, 5) is 0. The lowest BCUT2D eigenvalue weighted by atomic mass is 9.91. The SMILES string of the molecule is CC1OCCC1C(O)Cc1cc(F)ccc1Cl. The summed E-state index contributed by atoms with van der Waals surface area (Å²) in [5.74, 6) is -0.221. The third-order valence-corrected chi connectivity index (χ3v) is 3.73. The largest absolute Gasteiger partial charge is 0.392 e. The molecule has 2 rings (SSSR count). The lowest BCUT2D eigenvalue weighted by molar-refractivity contribution is 0.0440. The van der Waals surface area contributed by atoms with Crippen LogP contribution >= 0.6 is 11.6 Å². The van der Waals surface area contributed by atoms with E-state index in [0.29, 0.717) is 23.6 Å². The second kappa shape index (κ2) is 5.34. The molecule has 1 aliphatic rings. The zero-order valence-electron chi connectivity index (χ0n) is 9.70. The van der Waals surface area contributed by atoms with Gasteiger partial charge in [-0.1, -0.05) is 11.6 Å². The van der Waals surface area contributed by atoms with Gasteiger partial charge in [0.05, 0.1) is 12.2 Å². The predicted molar refractivity (Wildman–Crippen MR) is 64.6 cm³/mol. The van der Waals surface area contributed by atoms with Crippen LogP contribution in [0.5, 0.6) is 0 Å². The lowest BCUT2D eigenvalue weighted by Crippen LogP contribution is -2.28. The van der Waals surface area contributed by atoms with Crippen molar-refractivity contribution in [3.63, 3.8) is 0 Å². The molecule has 0 saturated carbocycles. The van der Waals surface area contributed by atoms with Gasteiger partial charge in [0.1, 0.15) is 5.82 Å². The van der Waals surface area contributed by atoms with E-state index in [0.717, 1.165) is 6.42 Å². The minimum Gasteiger partial charge on any atom is -0.392 e. The quantitative estimate of drug-likeness (QED) is 0.903. The fraction of sp³-hybridized carbons (Fsp3) is 0.538. The van der Waals surface area contributed by atoms with Gasteiger partial charge in [0, 0.05) is 24.0 Å². The number of benzene rings is 1. The Morgan fingerprint density at radius 3 is 3.00 bits per heavy atom. The Hall–Kier alpha value is -0.640. The number of aliphatic hydroxyl groups is 1. The molecule has 1 aromatic carbocycles. The van der Waals surface area contributed by atoms with Gasteiger partial charge in [-0.05, 0) is 37.1 Å². The van der Waals surface area contributed by atoms with E-state index in [1.807, 2.05) is 6.92 Å². The summed E-state index contributed by atoms with van der Waals surface area (Å²) in [7, 11) is 0. The van der Waals surface area contributed by atoms with Gasteiger partial charge >= 0.3 is 0 Å². The maximum atomic E-state index is 13.1. The molecule has 3 atom stereocenters. The summed E-state index contributed by atoms with van der Waals surface area (Å²) in [6.07, 6.45) is 0.730. The molecule has 1 aromatic rings. The Morgan fingerprint density at radius 1 is 1.59 bits per heavy atom. The summed E-state index contributed by atoms with van der Waals surface area (Å²) < 4.78 is 18.5. The standard InChI is InChI=1S/C13H16ClFO2/c1-8-11(4-5-17-8)13(16)7-9-6-10(15)2-3-12(9)14/h2-3,6,8,11,13,16H,4-5,7H2,1H3. The summed E-state index contributed by atoms with van der Waals surface area (Å²) in [5, 5.41) is 10.6. The number of ether oxygens (including phenoxy) is 1. The van der Waals surface area contributed by atoms with Gasteiger partial charge < -0.3 is 9.84 Å². The average molecular weight is 259 g/mol. The van der Waals surface area contributed by atoms with Crippen LogP contribution in [0.15, 0.2) is 18.2 Å². The topological polar surface area (TPSA) is 29.5 Å². The van der Waals surface area contributed by atoms with Crippen LogP contribution in [0.3, 0.4) is 0 Å². The Labute approximate surface area is 105 Å². The molecule has 1 saturated heterocycles. The van der Waals surface area contributed by atoms with Crippen molar-refractivity contribution >= 4 is 11.6 Å². The molecule has 1 aliphatic heterocycles. The van der Waals surface area contributed by atoms with Crippen molar-refractivity contribution in [3.05, 3.63) is 34.6 Å². The highest BCUT2D eigenvalue weighted by atomic mass is 35.5. The van der Waals surface area contributed by atoms with Crippen LogP contribution in [0.4, 0.5) is 4.39 Å². The van der Waals surface area contributed by atoms with E-state index in [-0.39, 0.29) is 17.8 Å². The molecule has 2 nitrogen and oxygen atoms in total. The minimum absolute atomic E-state index is 0.0531. The highest BCUT2D eigenvalue weighted by molar-refractivity contribution is 6.31. The van der Waals surface area contributed by atoms with Gasteiger partial charge in [0.25, 0.3) is 0 Å². The number of aliphatic hydroxyl groups excluding tert-OH is 1. The van der Waals surface area contributed by atoms with Gasteiger partial charge in [-0.15, -0.1) is 0 Å². The molecule has 0 amide bonds. The summed E-state index contributed by atoms with van der Waals surface area (Å²) in [5.41, 5.74) is 0.651. The molecule has 4 heteroatoms. The molecule has 0 bridgehead atoms. The molecule has 0 radical (unpaired) electrons. The predicted octanol–water partition coefficient (Wildman–Crippen LogP) is 2.81. The molecule has 0 spiro atoms. The molecule has 1 heterocycles. The molecule has 1 fully saturated rings. The second-order valence-electron chi connectivity index (χ2n) is 4.54. The fourth-order valence-corrected chi connectivity index (χ4v) is 2.52. The first-order chi connectivity index (χ1) is 8.08. The number of rotatable bonds is 3. The van der Waals surface area contributed by atoms with Crippen LogP contribution in [0, 0.1) is 11.7 Å². The van der Waals surface area contributed by atoms with E-state index in [1.54, 1.807) is 0 Å². The molecule has 94 valence electrons. The number of hydrogen-bond acceptors (Lipinski definition) is 2. The van der Waals surface area contributed by atoms with E-state index in [9.17, 15) is 9.50 Å². The molecular formula is C13H16ClFO2. The zero-order chi connectivity index (χ0) is 12.4. The molecular weight excluding hydrogens is 243 g/mol. The van der Waals surface area contributed by atoms with Gasteiger partial charge in [0.15, 0.2) is 0 Å². The molecule has 17 heavy (non-hydrogen) atoms. The van der Waals surface area contributed by atoms with Crippen LogP contribution in [0.1, 0.15) is 18.9 Å². The molecule has 0 aromatic heterocycles. The van der Waals surface area contributed by atoms with E-state index >= 15 is 0 Å². The van der Waals surface area contributed by atoms with E-state index in [1.165, 1.54) is 18.2 Å². The maximum Gasteiger partial charge on any atom is 0.123 e. The molecule has 0 aliphatic carbocycles. The molecule has 1 N–H and O–H groups in total. The van der Waals surface area contributed by atoms with Crippen molar-refractivity contribution in [1.82, 2.24) is 0 Å². The minimum atomic E-state index is -0.535. The first kappa shape index (κ1) is 12.8. The lowest BCUT2D eigenvalue weighted by Gasteiger charge is -2.21. The fourth-order valence-electron chi connectivity index (χ4n) is 2.33. The molecule has 3 unspecified atom stereocenters. The Balaban J connectivity index is 2.07. The summed E-state index contributed by atoms with van der Waals surface area (Å²) in [6.45, 7) is 2.63. The average Bonchev–Trinajstić information content (AvgIpc) is 2.70. The van der Waals surface area contributed by atoms with Gasteiger partial charge in [0.2, 0.25) is 0 Å². The first-order valence-corrected chi connectivity index (χ1v) is 6.19. The van der Waals surface area contributed by atoms with Crippen molar-refractivity contribution in [1.29, 1.82) is 0 Å². The van der Waals surface area contributed by atoms with Crippen molar-refractivity contribution < 1.29 is 14.2 Å². The third-order valence-electron chi connectivity index (χ3n) is 3.37. The van der Waals surface area contributed by atoms with E-state index in [2.05, 4.69) is 0 Å². The number of halogens is 2. The van der Waals surface area contributed by atoms with Gasteiger partial charge in [-0.3, -0.25) is 0 Å². The first-order valence-electron chi connectivity index (χ1n) is 5.81. The highest BCUT2D eigenvalue weighted by Crippen LogP contribution is 2.27. The summed E-state index contributed by atoms with van der Waals surface area (Å²) >= 11 is 5.97. The van der Waals surface area contributed by atoms with Crippen LogP contribution in [-0.2, 0) is 11.2 Å². The zero-order valence-corrected chi connectivity index (χ0v) is 10.5. The number of hydrogen-bond donors (Lipinski definition) is 1. The van der Waals surface area contributed by atoms with E-state index in [4.69, 9.17) is 16.3 Å². The van der Waals surface area contributed by atoms with Crippen molar-refractivity contribution in [2.75, 3.05) is 6.61 Å². The van der Waals surface area contributed by atoms with E-state index < -0.39 is 6.10 Å². The van der Waals surface area contributed by atoms with Crippen LogP contribution in [0.2, 0.25) is 5.02 Å². The third kappa shape index (κ3) is 2.97. The van der Waals surface area contributed by atoms with Gasteiger partial charge in [-0.2, -0.15) is 0 Å². The van der Waals surface area contributed by atoms with Gasteiger partial charge in [-0.25, -0.2) is 4.39 Å². The highest BCUT2D eigenvalue weighted by Gasteiger charge is 2.31. The maximum absolute atomic E-state index is 13.1. The monoisotopic (exact) mass is 258 g/mol. The van der Waals surface area contributed by atoms with Crippen molar-refractivity contribution in [2.45, 2.75) is 32.0 Å². The second-order valence-corrected chi connectivity index (χ2v) is 4.94. The normalized spacial score (nSPS) is 26.1. The van der Waals surface area contributed by atoms with Crippen LogP contribution in [0.25, 0.3) is 0 Å². The van der Waals surface area contributed by atoms with Crippen molar-refractivity contribution in [2.24, 2.45) is 5.92 Å². The van der Waals surface area contributed by atoms with Crippen molar-refractivity contribution in [3.8, 4) is 0 Å². The summed E-state index contributed by atoms with van der Waals surface area (Å²) in [6, 6.07) is 4.22. The smallest absolute Gasteiger partial charge is 0.123 e. The Morgan fingerprint density at radius 2 is 2.35 bits per heavy atom. The van der Waals surface area contributed by atoms with Crippen LogP contribution < -0.4 is 0 Å². The van der Waals surface area contributed by atoms with Crippen LogP contribution in [-0.4, -0.2) is 23.9 Å².